The summed E-state index contributed by atoms with van der Waals surface area (Å²) in [6.45, 7) is 16.0. The Morgan fingerprint density at radius 1 is 1.18 bits per heavy atom. The molecule has 1 aliphatic heterocycles. The van der Waals surface area contributed by atoms with Gasteiger partial charge in [0, 0.05) is 36.3 Å². The Morgan fingerprint density at radius 2 is 1.91 bits per heavy atom. The second-order valence-electron chi connectivity index (χ2n) is 9.43. The van der Waals surface area contributed by atoms with Gasteiger partial charge in [-0.15, -0.1) is 0 Å². The van der Waals surface area contributed by atoms with E-state index in [1.54, 1.807) is 4.90 Å². The minimum atomic E-state index is -0.475. The molecule has 6 nitrogen and oxygen atoms in total. The highest BCUT2D eigenvalue weighted by Gasteiger charge is 2.28. The molecule has 1 aromatic carbocycles. The summed E-state index contributed by atoms with van der Waals surface area (Å²) < 4.78 is 17.0. The molecule has 0 unspecified atom stereocenters. The Labute approximate surface area is 197 Å². The zero-order chi connectivity index (χ0) is 24.0. The fourth-order valence-corrected chi connectivity index (χ4v) is 3.86. The third-order valence-electron chi connectivity index (χ3n) is 5.67. The molecule has 0 atom stereocenters. The van der Waals surface area contributed by atoms with Crippen molar-refractivity contribution in [1.82, 2.24) is 9.88 Å². The third-order valence-corrected chi connectivity index (χ3v) is 5.67. The lowest BCUT2D eigenvalue weighted by atomic mass is 9.93. The number of hydrogen-bond donors (Lipinski definition) is 0. The maximum Gasteiger partial charge on any atom is 0.410 e. The second-order valence-corrected chi connectivity index (χ2v) is 9.43. The molecular formula is C27H36N2O4. The largest absolute Gasteiger partial charge is 0.494 e. The third kappa shape index (κ3) is 6.98. The lowest BCUT2D eigenvalue weighted by Gasteiger charge is -2.33. The van der Waals surface area contributed by atoms with Gasteiger partial charge in [0.2, 0.25) is 5.88 Å². The predicted molar refractivity (Wildman–Crippen MR) is 130 cm³/mol. The van der Waals surface area contributed by atoms with Crippen molar-refractivity contribution in [3.8, 4) is 5.88 Å². The number of ether oxygens (including phenoxy) is 3. The van der Waals surface area contributed by atoms with Crippen LogP contribution in [0.2, 0.25) is 0 Å². The summed E-state index contributed by atoms with van der Waals surface area (Å²) in [7, 11) is 0. The van der Waals surface area contributed by atoms with Crippen LogP contribution in [0.3, 0.4) is 0 Å². The lowest BCUT2D eigenvalue weighted by Crippen LogP contribution is -2.41. The molecule has 1 fully saturated rings. The van der Waals surface area contributed by atoms with Crippen LogP contribution in [0.15, 0.2) is 43.0 Å². The topological polar surface area (TPSA) is 60.9 Å². The Bertz CT molecular complexity index is 972. The van der Waals surface area contributed by atoms with Gasteiger partial charge in [0.05, 0.1) is 6.61 Å². The molecule has 1 aromatic heterocycles. The van der Waals surface area contributed by atoms with Gasteiger partial charge in [-0.1, -0.05) is 24.8 Å². The molecule has 1 saturated heterocycles. The smallest absolute Gasteiger partial charge is 0.410 e. The van der Waals surface area contributed by atoms with E-state index in [2.05, 4.69) is 19.6 Å². The van der Waals surface area contributed by atoms with Crippen molar-refractivity contribution >= 4 is 11.9 Å². The molecule has 0 aliphatic carbocycles. The van der Waals surface area contributed by atoms with Crippen LogP contribution in [0, 0.1) is 6.92 Å². The van der Waals surface area contributed by atoms with E-state index in [-0.39, 0.29) is 6.09 Å². The number of aromatic nitrogens is 1. The normalized spacial score (nSPS) is 14.6. The summed E-state index contributed by atoms with van der Waals surface area (Å²) in [6, 6.07) is 12.0. The van der Waals surface area contributed by atoms with Gasteiger partial charge in [-0.3, -0.25) is 0 Å². The van der Waals surface area contributed by atoms with Crippen LogP contribution in [-0.4, -0.2) is 41.3 Å². The number of likely N-dealkylation sites (tertiary alicyclic amines) is 1. The first-order valence-corrected chi connectivity index (χ1v) is 11.7. The summed E-state index contributed by atoms with van der Waals surface area (Å²) in [5.74, 6) is 1.60. The van der Waals surface area contributed by atoms with Crippen LogP contribution in [0.4, 0.5) is 4.79 Å². The lowest BCUT2D eigenvalue weighted by molar-refractivity contribution is 0.0204. The molecule has 2 aromatic rings. The van der Waals surface area contributed by atoms with Crippen molar-refractivity contribution in [2.75, 3.05) is 19.7 Å². The van der Waals surface area contributed by atoms with E-state index >= 15 is 0 Å². The van der Waals surface area contributed by atoms with Crippen molar-refractivity contribution in [1.29, 1.82) is 0 Å². The van der Waals surface area contributed by atoms with E-state index in [1.165, 1.54) is 0 Å². The summed E-state index contributed by atoms with van der Waals surface area (Å²) >= 11 is 0. The van der Waals surface area contributed by atoms with Gasteiger partial charge >= 0.3 is 6.09 Å². The summed E-state index contributed by atoms with van der Waals surface area (Å²) in [5, 5.41) is 0. The minimum absolute atomic E-state index is 0.239. The fraction of sp³-hybridized carbons (Fsp3) is 0.481. The molecule has 2 heterocycles. The number of aryl methyl sites for hydroxylation is 1. The van der Waals surface area contributed by atoms with Crippen molar-refractivity contribution in [2.24, 2.45) is 0 Å². The molecule has 0 bridgehead atoms. The molecule has 0 N–H and O–H groups in total. The van der Waals surface area contributed by atoms with Crippen LogP contribution in [-0.2, 0) is 16.1 Å². The number of piperidine rings is 1. The standard InChI is InChI=1S/C27H36N2O4/c1-7-31-20(3)22-11-12-23(19(2)17-22)18-32-25-10-8-9-24(28-25)21-13-15-29(16-14-21)26(30)33-27(4,5)6/h8-12,17,21H,3,7,13-16,18H2,1-2,4-6H3. The van der Waals surface area contributed by atoms with Gasteiger partial charge in [0.1, 0.15) is 18.0 Å². The van der Waals surface area contributed by atoms with E-state index < -0.39 is 5.60 Å². The number of hydrogen-bond acceptors (Lipinski definition) is 5. The first kappa shape index (κ1) is 24.6. The predicted octanol–water partition coefficient (Wildman–Crippen LogP) is 6.09. The number of rotatable bonds is 7. The average molecular weight is 453 g/mol. The Hall–Kier alpha value is -3.02. The van der Waals surface area contributed by atoms with Gasteiger partial charge in [0.25, 0.3) is 0 Å². The summed E-state index contributed by atoms with van der Waals surface area (Å²) in [4.78, 5) is 18.8. The SMILES string of the molecule is C=C(OCC)c1ccc(COc2cccc(C3CCN(C(=O)OC(C)(C)C)CC3)n2)c(C)c1. The monoisotopic (exact) mass is 452 g/mol. The molecule has 178 valence electrons. The molecule has 0 spiro atoms. The maximum atomic E-state index is 12.3. The van der Waals surface area contributed by atoms with Crippen LogP contribution in [0.25, 0.3) is 5.76 Å². The van der Waals surface area contributed by atoms with Crippen molar-refractivity contribution in [3.05, 3.63) is 65.4 Å². The van der Waals surface area contributed by atoms with Crippen LogP contribution in [0.5, 0.6) is 5.88 Å². The first-order valence-electron chi connectivity index (χ1n) is 11.7. The van der Waals surface area contributed by atoms with Crippen LogP contribution in [0.1, 0.15) is 68.8 Å². The molecular weight excluding hydrogens is 416 g/mol. The molecule has 1 aliphatic rings. The van der Waals surface area contributed by atoms with Gasteiger partial charge in [-0.05, 0) is 70.7 Å². The van der Waals surface area contributed by atoms with Crippen molar-refractivity contribution < 1.29 is 19.0 Å². The Kier molecular flexibility index (Phi) is 8.01. The molecule has 3 rings (SSSR count). The highest BCUT2D eigenvalue weighted by molar-refractivity contribution is 5.68. The minimum Gasteiger partial charge on any atom is -0.494 e. The van der Waals surface area contributed by atoms with Crippen molar-refractivity contribution in [2.45, 2.75) is 65.6 Å². The fourth-order valence-electron chi connectivity index (χ4n) is 3.86. The second kappa shape index (κ2) is 10.7. The van der Waals surface area contributed by atoms with Gasteiger partial charge in [-0.2, -0.15) is 0 Å². The quantitative estimate of drug-likeness (QED) is 0.476. The van der Waals surface area contributed by atoms with E-state index in [1.807, 2.05) is 58.0 Å². The highest BCUT2D eigenvalue weighted by Crippen LogP contribution is 2.29. The zero-order valence-corrected chi connectivity index (χ0v) is 20.5. The van der Waals surface area contributed by atoms with Crippen LogP contribution < -0.4 is 4.74 Å². The van der Waals surface area contributed by atoms with Crippen molar-refractivity contribution in [3.63, 3.8) is 0 Å². The maximum absolute atomic E-state index is 12.3. The van der Waals surface area contributed by atoms with E-state index in [0.717, 1.165) is 35.2 Å². The molecule has 33 heavy (non-hydrogen) atoms. The number of benzene rings is 1. The number of nitrogens with zero attached hydrogens (tertiary/aromatic N) is 2. The zero-order valence-electron chi connectivity index (χ0n) is 20.5. The molecule has 1 amide bonds. The molecule has 0 saturated carbocycles. The van der Waals surface area contributed by atoms with E-state index in [0.29, 0.717) is 43.9 Å². The average Bonchev–Trinajstić information content (AvgIpc) is 2.77. The molecule has 0 radical (unpaired) electrons. The van der Waals surface area contributed by atoms with Crippen LogP contribution >= 0.6 is 0 Å². The first-order chi connectivity index (χ1) is 15.7. The van der Waals surface area contributed by atoms with Gasteiger partial charge < -0.3 is 19.1 Å². The summed E-state index contributed by atoms with van der Waals surface area (Å²) in [6.07, 6.45) is 1.48. The number of carbonyl (C=O) groups is 1. The summed E-state index contributed by atoms with van der Waals surface area (Å²) in [5.41, 5.74) is 3.74. The van der Waals surface area contributed by atoms with Gasteiger partial charge in [0.15, 0.2) is 0 Å². The number of carbonyl (C=O) groups excluding carboxylic acids is 1. The number of pyridine rings is 1. The van der Waals surface area contributed by atoms with E-state index in [9.17, 15) is 4.79 Å². The highest BCUT2D eigenvalue weighted by atomic mass is 16.6. The van der Waals surface area contributed by atoms with Gasteiger partial charge in [-0.25, -0.2) is 9.78 Å². The molecule has 6 heteroatoms. The number of amides is 1. The van der Waals surface area contributed by atoms with E-state index in [4.69, 9.17) is 19.2 Å². The Balaban J connectivity index is 1.56. The Morgan fingerprint density at radius 3 is 2.55 bits per heavy atom.